The van der Waals surface area contributed by atoms with E-state index in [4.69, 9.17) is 10.2 Å². The number of carboxylic acid groups (broad SMARTS) is 1. The summed E-state index contributed by atoms with van der Waals surface area (Å²) in [6, 6.07) is 16.4. The second-order valence-corrected chi connectivity index (χ2v) is 4.14. The van der Waals surface area contributed by atoms with E-state index < -0.39 is 17.5 Å². The predicted molar refractivity (Wildman–Crippen MR) is 74.6 cm³/mol. The Hall–Kier alpha value is -2.88. The predicted octanol–water partition coefficient (Wildman–Crippen LogP) is 3.06. The summed E-state index contributed by atoms with van der Waals surface area (Å²) in [5.74, 6) is -3.05. The Balaban J connectivity index is 2.23. The largest absolute Gasteiger partial charge is 0.502 e. The van der Waals surface area contributed by atoms with Crippen LogP contribution in [0.5, 0.6) is 0 Å². The van der Waals surface area contributed by atoms with E-state index in [0.29, 0.717) is 11.6 Å². The van der Waals surface area contributed by atoms with Gasteiger partial charge in [-0.3, -0.25) is 4.79 Å². The van der Waals surface area contributed by atoms with E-state index in [-0.39, 0.29) is 0 Å². The Morgan fingerprint density at radius 2 is 1.35 bits per heavy atom. The Bertz CT molecular complexity index is 655. The van der Waals surface area contributed by atoms with Crippen molar-refractivity contribution in [1.82, 2.24) is 0 Å². The third-order valence-corrected chi connectivity index (χ3v) is 2.76. The number of aliphatic hydroxyl groups is 1. The maximum Gasteiger partial charge on any atom is 0.371 e. The number of carboxylic acids is 1. The molecule has 20 heavy (non-hydrogen) atoms. The van der Waals surface area contributed by atoms with Gasteiger partial charge in [-0.15, -0.1) is 0 Å². The lowest BCUT2D eigenvalue weighted by Gasteiger charge is -2.02. The minimum absolute atomic E-state index is 0.317. The van der Waals surface area contributed by atoms with E-state index in [1.54, 1.807) is 24.3 Å². The topological polar surface area (TPSA) is 74.6 Å². The molecule has 0 radical (unpaired) electrons. The molecule has 0 aliphatic heterocycles. The first-order chi connectivity index (χ1) is 9.58. The van der Waals surface area contributed by atoms with Gasteiger partial charge in [0.05, 0.1) is 0 Å². The highest BCUT2D eigenvalue weighted by Gasteiger charge is 2.09. The molecule has 2 aromatic carbocycles. The highest BCUT2D eigenvalue weighted by atomic mass is 16.4. The fourth-order valence-electron chi connectivity index (χ4n) is 1.73. The summed E-state index contributed by atoms with van der Waals surface area (Å²) < 4.78 is 0. The van der Waals surface area contributed by atoms with Gasteiger partial charge in [0.1, 0.15) is 0 Å². The smallest absolute Gasteiger partial charge is 0.371 e. The van der Waals surface area contributed by atoms with Crippen LogP contribution < -0.4 is 0 Å². The van der Waals surface area contributed by atoms with Crippen LogP contribution in [0, 0.1) is 0 Å². The molecule has 0 spiro atoms. The SMILES string of the molecule is O=C(O)/C(O)=C/C(=O)c1ccc(-c2ccccc2)cc1. The molecule has 0 saturated carbocycles. The zero-order valence-electron chi connectivity index (χ0n) is 10.5. The van der Waals surface area contributed by atoms with Crippen molar-refractivity contribution in [3.63, 3.8) is 0 Å². The Morgan fingerprint density at radius 1 is 0.800 bits per heavy atom. The summed E-state index contributed by atoms with van der Waals surface area (Å²) in [5, 5.41) is 17.5. The first-order valence-corrected chi connectivity index (χ1v) is 5.91. The third-order valence-electron chi connectivity index (χ3n) is 2.76. The van der Waals surface area contributed by atoms with Gasteiger partial charge in [-0.05, 0) is 11.1 Å². The second kappa shape index (κ2) is 5.84. The lowest BCUT2D eigenvalue weighted by molar-refractivity contribution is -0.135. The van der Waals surface area contributed by atoms with Crippen LogP contribution in [0.1, 0.15) is 10.4 Å². The van der Waals surface area contributed by atoms with Gasteiger partial charge < -0.3 is 10.2 Å². The average molecular weight is 268 g/mol. The van der Waals surface area contributed by atoms with E-state index in [1.165, 1.54) is 0 Å². The van der Waals surface area contributed by atoms with Gasteiger partial charge in [0.2, 0.25) is 5.76 Å². The minimum Gasteiger partial charge on any atom is -0.502 e. The molecule has 0 heterocycles. The number of rotatable bonds is 4. The molecule has 0 aliphatic rings. The summed E-state index contributed by atoms with van der Waals surface area (Å²) in [4.78, 5) is 22.1. The van der Waals surface area contributed by atoms with Crippen molar-refractivity contribution in [2.75, 3.05) is 0 Å². The van der Waals surface area contributed by atoms with Crippen LogP contribution in [0.25, 0.3) is 11.1 Å². The van der Waals surface area contributed by atoms with Crippen LogP contribution >= 0.6 is 0 Å². The van der Waals surface area contributed by atoms with Crippen LogP contribution in [0.4, 0.5) is 0 Å². The molecular formula is C16H12O4. The van der Waals surface area contributed by atoms with Crippen molar-refractivity contribution in [2.24, 2.45) is 0 Å². The van der Waals surface area contributed by atoms with Crippen LogP contribution in [-0.2, 0) is 4.79 Å². The van der Waals surface area contributed by atoms with Crippen LogP contribution in [0.2, 0.25) is 0 Å². The normalized spacial score (nSPS) is 11.1. The standard InChI is InChI=1S/C16H12O4/c17-14(10-15(18)16(19)20)13-8-6-12(7-9-13)11-4-2-1-3-5-11/h1-10,18H,(H,19,20)/b15-10-. The van der Waals surface area contributed by atoms with Gasteiger partial charge in [-0.2, -0.15) is 0 Å². The number of aliphatic hydroxyl groups excluding tert-OH is 1. The number of allylic oxidation sites excluding steroid dienone is 1. The molecule has 2 aromatic rings. The molecule has 100 valence electrons. The Kier molecular flexibility index (Phi) is 3.96. The molecule has 2 rings (SSSR count). The summed E-state index contributed by atoms with van der Waals surface area (Å²) in [6.45, 7) is 0. The fraction of sp³-hybridized carbons (Fsp3) is 0. The molecule has 0 bridgehead atoms. The number of ketones is 1. The molecule has 4 heteroatoms. The van der Waals surface area contributed by atoms with E-state index in [0.717, 1.165) is 11.1 Å². The summed E-state index contributed by atoms with van der Waals surface area (Å²) in [5.41, 5.74) is 2.29. The van der Waals surface area contributed by atoms with E-state index in [2.05, 4.69) is 0 Å². The molecular weight excluding hydrogens is 256 g/mol. The number of carbonyl (C=O) groups is 2. The summed E-state index contributed by atoms with van der Waals surface area (Å²) >= 11 is 0. The maximum atomic E-state index is 11.7. The third kappa shape index (κ3) is 3.11. The summed E-state index contributed by atoms with van der Waals surface area (Å²) in [6.07, 6.45) is 0.694. The first kappa shape index (κ1) is 13.5. The van der Waals surface area contributed by atoms with Crippen LogP contribution in [0.15, 0.2) is 66.4 Å². The van der Waals surface area contributed by atoms with Gasteiger partial charge >= 0.3 is 5.97 Å². The van der Waals surface area contributed by atoms with E-state index in [9.17, 15) is 9.59 Å². The van der Waals surface area contributed by atoms with Gasteiger partial charge in [0.25, 0.3) is 0 Å². The van der Waals surface area contributed by atoms with Crippen LogP contribution in [0.3, 0.4) is 0 Å². The molecule has 0 saturated heterocycles. The maximum absolute atomic E-state index is 11.7. The van der Waals surface area contributed by atoms with Crippen molar-refractivity contribution in [3.8, 4) is 11.1 Å². The second-order valence-electron chi connectivity index (χ2n) is 4.14. The molecule has 0 unspecified atom stereocenters. The van der Waals surface area contributed by atoms with Gasteiger partial charge in [0.15, 0.2) is 5.78 Å². The Morgan fingerprint density at radius 3 is 1.90 bits per heavy atom. The molecule has 2 N–H and O–H groups in total. The molecule has 0 amide bonds. The van der Waals surface area contributed by atoms with Gasteiger partial charge in [0, 0.05) is 11.6 Å². The molecule has 0 aromatic heterocycles. The van der Waals surface area contributed by atoms with Gasteiger partial charge in [-0.25, -0.2) is 4.79 Å². The first-order valence-electron chi connectivity index (χ1n) is 5.91. The van der Waals surface area contributed by atoms with Crippen molar-refractivity contribution in [3.05, 3.63) is 72.0 Å². The van der Waals surface area contributed by atoms with Crippen molar-refractivity contribution in [1.29, 1.82) is 0 Å². The zero-order valence-corrected chi connectivity index (χ0v) is 10.5. The average Bonchev–Trinajstić information content (AvgIpc) is 2.48. The zero-order chi connectivity index (χ0) is 14.5. The number of hydrogen-bond donors (Lipinski definition) is 2. The van der Waals surface area contributed by atoms with Crippen molar-refractivity contribution in [2.45, 2.75) is 0 Å². The molecule has 4 nitrogen and oxygen atoms in total. The number of hydrogen-bond acceptors (Lipinski definition) is 3. The lowest BCUT2D eigenvalue weighted by atomic mass is 10.0. The van der Waals surface area contributed by atoms with Crippen molar-refractivity contribution < 1.29 is 19.8 Å². The number of carbonyl (C=O) groups excluding carboxylic acids is 1. The summed E-state index contributed by atoms with van der Waals surface area (Å²) in [7, 11) is 0. The highest BCUT2D eigenvalue weighted by molar-refractivity contribution is 6.07. The molecule has 0 atom stereocenters. The highest BCUT2D eigenvalue weighted by Crippen LogP contribution is 2.19. The monoisotopic (exact) mass is 268 g/mol. The van der Waals surface area contributed by atoms with Crippen molar-refractivity contribution >= 4 is 11.8 Å². The van der Waals surface area contributed by atoms with E-state index >= 15 is 0 Å². The molecule has 0 aliphatic carbocycles. The lowest BCUT2D eigenvalue weighted by Crippen LogP contribution is -2.03. The Labute approximate surface area is 115 Å². The quantitative estimate of drug-likeness (QED) is 0.507. The number of benzene rings is 2. The fourth-order valence-corrected chi connectivity index (χ4v) is 1.73. The van der Waals surface area contributed by atoms with Gasteiger partial charge in [-0.1, -0.05) is 54.6 Å². The van der Waals surface area contributed by atoms with E-state index in [1.807, 2.05) is 30.3 Å². The van der Waals surface area contributed by atoms with Crippen LogP contribution in [-0.4, -0.2) is 22.0 Å². The molecule has 0 fully saturated rings. The number of aliphatic carboxylic acids is 1. The minimum atomic E-state index is -1.53.